The van der Waals surface area contributed by atoms with Gasteiger partial charge in [0, 0.05) is 12.3 Å². The Morgan fingerprint density at radius 2 is 2.07 bits per heavy atom. The third kappa shape index (κ3) is 4.58. The highest BCUT2D eigenvalue weighted by Gasteiger charge is 2.02. The van der Waals surface area contributed by atoms with Crippen LogP contribution in [0.15, 0.2) is 6.07 Å². The Morgan fingerprint density at radius 1 is 1.27 bits per heavy atom. The first-order chi connectivity index (χ1) is 7.26. The molecule has 0 aliphatic rings. The molecule has 0 aromatic carbocycles. The van der Waals surface area contributed by atoms with Gasteiger partial charge < -0.3 is 4.74 Å². The summed E-state index contributed by atoms with van der Waals surface area (Å²) in [5.41, 5.74) is 0.993. The summed E-state index contributed by atoms with van der Waals surface area (Å²) < 4.78 is 5.37. The molecule has 15 heavy (non-hydrogen) atoms. The Morgan fingerprint density at radius 3 is 2.73 bits per heavy atom. The first-order valence-corrected chi connectivity index (χ1v) is 5.74. The minimum absolute atomic E-state index is 0.450. The van der Waals surface area contributed by atoms with Crippen molar-refractivity contribution in [3.8, 4) is 0 Å². The molecule has 1 heterocycles. The van der Waals surface area contributed by atoms with Gasteiger partial charge in [-0.15, -0.1) is 0 Å². The van der Waals surface area contributed by atoms with Gasteiger partial charge in [-0.05, 0) is 18.9 Å². The van der Waals surface area contributed by atoms with Gasteiger partial charge >= 0.3 is 0 Å². The van der Waals surface area contributed by atoms with E-state index in [1.165, 1.54) is 0 Å². The lowest BCUT2D eigenvalue weighted by Crippen LogP contribution is -2.03. The Labute approximate surface area is 95.8 Å². The Bertz CT molecular complexity index is 305. The third-order valence-electron chi connectivity index (χ3n) is 1.88. The van der Waals surface area contributed by atoms with Crippen molar-refractivity contribution in [3.05, 3.63) is 22.7 Å². The fourth-order valence-electron chi connectivity index (χ4n) is 1.27. The number of ether oxygens (including phenoxy) is 1. The quantitative estimate of drug-likeness (QED) is 0.555. The number of hydrogen-bond acceptors (Lipinski definition) is 3. The first-order valence-electron chi connectivity index (χ1n) is 5.36. The molecular weight excluding hydrogens is 212 g/mol. The highest BCUT2D eigenvalue weighted by atomic mass is 35.5. The van der Waals surface area contributed by atoms with Gasteiger partial charge in [0.2, 0.25) is 0 Å². The molecule has 0 aliphatic heterocycles. The number of aromatic nitrogens is 2. The number of rotatable bonds is 6. The van der Waals surface area contributed by atoms with Gasteiger partial charge in [0.15, 0.2) is 5.82 Å². The smallest absolute Gasteiger partial charge is 0.155 e. The second-order valence-electron chi connectivity index (χ2n) is 3.40. The Balaban J connectivity index is 2.62. The van der Waals surface area contributed by atoms with Crippen LogP contribution < -0.4 is 0 Å². The van der Waals surface area contributed by atoms with E-state index in [9.17, 15) is 0 Å². The van der Waals surface area contributed by atoms with Crippen LogP contribution in [0.25, 0.3) is 0 Å². The van der Waals surface area contributed by atoms with Crippen LogP contribution >= 0.6 is 11.6 Å². The van der Waals surface area contributed by atoms with E-state index < -0.39 is 0 Å². The van der Waals surface area contributed by atoms with Crippen molar-refractivity contribution in [3.63, 3.8) is 0 Å². The van der Waals surface area contributed by atoms with Gasteiger partial charge in [0.05, 0.1) is 0 Å². The maximum absolute atomic E-state index is 5.89. The second-order valence-corrected chi connectivity index (χ2v) is 3.79. The van der Waals surface area contributed by atoms with Crippen LogP contribution in [0.1, 0.15) is 38.2 Å². The van der Waals surface area contributed by atoms with Gasteiger partial charge in [0.25, 0.3) is 0 Å². The molecule has 4 heteroatoms. The summed E-state index contributed by atoms with van der Waals surface area (Å²) in [4.78, 5) is 8.49. The molecule has 0 unspecified atom stereocenters. The minimum atomic E-state index is 0.450. The first kappa shape index (κ1) is 12.4. The van der Waals surface area contributed by atoms with Crippen LogP contribution in [-0.2, 0) is 17.8 Å². The molecule has 0 atom stereocenters. The molecule has 84 valence electrons. The summed E-state index contributed by atoms with van der Waals surface area (Å²) in [6.45, 7) is 5.37. The number of halogens is 1. The van der Waals surface area contributed by atoms with E-state index in [1.807, 2.05) is 6.07 Å². The number of nitrogens with zero attached hydrogens (tertiary/aromatic N) is 2. The largest absolute Gasteiger partial charge is 0.373 e. The average molecular weight is 229 g/mol. The molecule has 3 nitrogen and oxygen atoms in total. The summed E-state index contributed by atoms with van der Waals surface area (Å²) in [7, 11) is 0. The van der Waals surface area contributed by atoms with Gasteiger partial charge in [-0.25, -0.2) is 9.97 Å². The van der Waals surface area contributed by atoms with E-state index >= 15 is 0 Å². The van der Waals surface area contributed by atoms with E-state index in [0.717, 1.165) is 31.6 Å². The molecule has 1 rings (SSSR count). The second kappa shape index (κ2) is 6.75. The predicted octanol–water partition coefficient (Wildman–Crippen LogP) is 3.01. The molecule has 0 fully saturated rings. The normalized spacial score (nSPS) is 10.6. The van der Waals surface area contributed by atoms with Crippen molar-refractivity contribution in [1.29, 1.82) is 0 Å². The Hall–Kier alpha value is -0.670. The van der Waals surface area contributed by atoms with E-state index in [1.54, 1.807) is 0 Å². The molecular formula is C11H17ClN2O. The van der Waals surface area contributed by atoms with Crippen molar-refractivity contribution >= 4 is 11.6 Å². The van der Waals surface area contributed by atoms with E-state index in [2.05, 4.69) is 23.8 Å². The summed E-state index contributed by atoms with van der Waals surface area (Å²) in [5.74, 6) is 0.680. The van der Waals surface area contributed by atoms with E-state index in [0.29, 0.717) is 17.6 Å². The van der Waals surface area contributed by atoms with Crippen molar-refractivity contribution in [2.45, 2.75) is 39.7 Å². The SMILES string of the molecule is CCCOCc1nc(Cl)cc(CCC)n1. The molecule has 0 saturated carbocycles. The van der Waals surface area contributed by atoms with Crippen LogP contribution in [0, 0.1) is 0 Å². The highest BCUT2D eigenvalue weighted by Crippen LogP contribution is 2.09. The summed E-state index contributed by atoms with van der Waals surface area (Å²) >= 11 is 5.89. The monoisotopic (exact) mass is 228 g/mol. The molecule has 0 bridgehead atoms. The lowest BCUT2D eigenvalue weighted by atomic mass is 10.2. The molecule has 0 spiro atoms. The predicted molar refractivity (Wildman–Crippen MR) is 61.0 cm³/mol. The fourth-order valence-corrected chi connectivity index (χ4v) is 1.50. The van der Waals surface area contributed by atoms with Crippen molar-refractivity contribution in [2.24, 2.45) is 0 Å². The lowest BCUT2D eigenvalue weighted by molar-refractivity contribution is 0.116. The molecule has 1 aromatic heterocycles. The number of aryl methyl sites for hydroxylation is 1. The zero-order chi connectivity index (χ0) is 11.1. The average Bonchev–Trinajstić information content (AvgIpc) is 2.18. The zero-order valence-corrected chi connectivity index (χ0v) is 10.0. The highest BCUT2D eigenvalue weighted by molar-refractivity contribution is 6.29. The third-order valence-corrected chi connectivity index (χ3v) is 2.07. The standard InChI is InChI=1S/C11H17ClN2O/c1-3-5-9-7-10(12)14-11(13-9)8-15-6-4-2/h7H,3-6,8H2,1-2H3. The van der Waals surface area contributed by atoms with Crippen molar-refractivity contribution < 1.29 is 4.74 Å². The molecule has 0 saturated heterocycles. The summed E-state index contributed by atoms with van der Waals surface area (Å²) in [6.07, 6.45) is 2.99. The topological polar surface area (TPSA) is 35.0 Å². The van der Waals surface area contributed by atoms with Crippen LogP contribution in [0.3, 0.4) is 0 Å². The summed E-state index contributed by atoms with van der Waals surface area (Å²) in [5, 5.41) is 0.503. The van der Waals surface area contributed by atoms with Crippen LogP contribution in [-0.4, -0.2) is 16.6 Å². The van der Waals surface area contributed by atoms with Gasteiger partial charge in [0.1, 0.15) is 11.8 Å². The van der Waals surface area contributed by atoms with Crippen LogP contribution in [0.5, 0.6) is 0 Å². The lowest BCUT2D eigenvalue weighted by Gasteiger charge is -2.04. The molecule has 0 aliphatic carbocycles. The summed E-state index contributed by atoms with van der Waals surface area (Å²) in [6, 6.07) is 1.81. The molecule has 0 N–H and O–H groups in total. The van der Waals surface area contributed by atoms with Crippen LogP contribution in [0.2, 0.25) is 5.15 Å². The van der Waals surface area contributed by atoms with E-state index in [4.69, 9.17) is 16.3 Å². The van der Waals surface area contributed by atoms with Gasteiger partial charge in [-0.2, -0.15) is 0 Å². The maximum Gasteiger partial charge on any atom is 0.155 e. The van der Waals surface area contributed by atoms with Crippen molar-refractivity contribution in [1.82, 2.24) is 9.97 Å². The Kier molecular flexibility index (Phi) is 5.58. The maximum atomic E-state index is 5.89. The van der Waals surface area contributed by atoms with Gasteiger partial charge in [-0.1, -0.05) is 31.9 Å². The zero-order valence-electron chi connectivity index (χ0n) is 9.29. The van der Waals surface area contributed by atoms with E-state index in [-0.39, 0.29) is 0 Å². The van der Waals surface area contributed by atoms with Crippen molar-refractivity contribution in [2.75, 3.05) is 6.61 Å². The molecule has 0 radical (unpaired) electrons. The minimum Gasteiger partial charge on any atom is -0.373 e. The van der Waals surface area contributed by atoms with Crippen LogP contribution in [0.4, 0.5) is 0 Å². The molecule has 0 amide bonds. The fraction of sp³-hybridized carbons (Fsp3) is 0.636. The molecule has 1 aromatic rings. The number of hydrogen-bond donors (Lipinski definition) is 0. The van der Waals surface area contributed by atoms with Gasteiger partial charge in [-0.3, -0.25) is 0 Å².